The van der Waals surface area contributed by atoms with Crippen LogP contribution in [0.3, 0.4) is 0 Å². The Balaban J connectivity index is 2.74. The highest BCUT2D eigenvalue weighted by molar-refractivity contribution is 7.98. The Morgan fingerprint density at radius 3 is 2.90 bits per heavy atom. The molecule has 0 aliphatic rings. The first-order chi connectivity index (χ1) is 9.76. The molecule has 1 aromatic rings. The van der Waals surface area contributed by atoms with Crippen LogP contribution in [0.15, 0.2) is 23.1 Å². The van der Waals surface area contributed by atoms with Crippen LogP contribution < -0.4 is 5.32 Å². The van der Waals surface area contributed by atoms with Crippen molar-refractivity contribution in [2.24, 2.45) is 0 Å². The van der Waals surface area contributed by atoms with Gasteiger partial charge in [0.15, 0.2) is 5.13 Å². The first-order valence-corrected chi connectivity index (χ1v) is 8.58. The second-order valence-electron chi connectivity index (χ2n) is 3.86. The lowest BCUT2D eigenvalue weighted by Crippen LogP contribution is -2.04. The van der Waals surface area contributed by atoms with Crippen molar-refractivity contribution in [3.8, 4) is 0 Å². The number of carbonyl (C=O) groups is 1. The van der Waals surface area contributed by atoms with Crippen LogP contribution in [0.4, 0.5) is 5.13 Å². The molecule has 6 heteroatoms. The summed E-state index contributed by atoms with van der Waals surface area (Å²) in [5.74, 6) is 0.992. The van der Waals surface area contributed by atoms with Crippen molar-refractivity contribution >= 4 is 40.2 Å². The highest BCUT2D eigenvalue weighted by Gasteiger charge is 2.11. The monoisotopic (exact) mass is 312 g/mol. The maximum atomic E-state index is 10.4. The molecule has 0 radical (unpaired) electrons. The third-order valence-corrected chi connectivity index (χ3v) is 3.98. The molecule has 0 unspecified atom stereocenters. The molecular formula is C14H20N2O2S2. The van der Waals surface area contributed by atoms with Gasteiger partial charge in [0, 0.05) is 16.7 Å². The van der Waals surface area contributed by atoms with E-state index in [9.17, 15) is 4.79 Å². The lowest BCUT2D eigenvalue weighted by molar-refractivity contribution is -0.105. The fourth-order valence-electron chi connectivity index (χ4n) is 1.65. The van der Waals surface area contributed by atoms with Crippen molar-refractivity contribution < 1.29 is 9.53 Å². The van der Waals surface area contributed by atoms with E-state index in [2.05, 4.69) is 16.6 Å². The summed E-state index contributed by atoms with van der Waals surface area (Å²) in [6.07, 6.45) is 6.77. The molecule has 0 saturated carbocycles. The van der Waals surface area contributed by atoms with Gasteiger partial charge in [-0.15, -0.1) is 11.3 Å². The van der Waals surface area contributed by atoms with Gasteiger partial charge in [0.25, 0.3) is 0 Å². The van der Waals surface area contributed by atoms with E-state index >= 15 is 0 Å². The SMILES string of the molecule is C/C=C(COCCSC)\C(=C/C)c1csc(NC=O)n1. The summed E-state index contributed by atoms with van der Waals surface area (Å²) in [6, 6.07) is 0. The number of anilines is 1. The number of aromatic nitrogens is 1. The minimum Gasteiger partial charge on any atom is -0.376 e. The number of allylic oxidation sites excluding steroid dienone is 2. The van der Waals surface area contributed by atoms with Gasteiger partial charge in [0.05, 0.1) is 18.9 Å². The molecule has 0 aliphatic carbocycles. The van der Waals surface area contributed by atoms with Crippen LogP contribution in [-0.2, 0) is 9.53 Å². The summed E-state index contributed by atoms with van der Waals surface area (Å²) >= 11 is 3.18. The number of hydrogen-bond acceptors (Lipinski definition) is 5. The number of hydrogen-bond donors (Lipinski definition) is 1. The maximum Gasteiger partial charge on any atom is 0.213 e. The fourth-order valence-corrected chi connectivity index (χ4v) is 2.61. The van der Waals surface area contributed by atoms with Gasteiger partial charge >= 0.3 is 0 Å². The van der Waals surface area contributed by atoms with Crippen molar-refractivity contribution in [3.05, 3.63) is 28.8 Å². The molecule has 1 N–H and O–H groups in total. The Labute approximate surface area is 128 Å². The Morgan fingerprint density at radius 1 is 1.50 bits per heavy atom. The van der Waals surface area contributed by atoms with Crippen LogP contribution in [0.1, 0.15) is 19.5 Å². The van der Waals surface area contributed by atoms with Crippen LogP contribution in [0.25, 0.3) is 5.57 Å². The van der Waals surface area contributed by atoms with Crippen molar-refractivity contribution in [1.29, 1.82) is 0 Å². The van der Waals surface area contributed by atoms with Crippen LogP contribution in [0.5, 0.6) is 0 Å². The summed E-state index contributed by atoms with van der Waals surface area (Å²) in [5.41, 5.74) is 3.02. The molecule has 0 atom stereocenters. The average Bonchev–Trinajstić information content (AvgIpc) is 2.91. The van der Waals surface area contributed by atoms with E-state index < -0.39 is 0 Å². The predicted molar refractivity (Wildman–Crippen MR) is 88.4 cm³/mol. The van der Waals surface area contributed by atoms with Crippen LogP contribution in [0.2, 0.25) is 0 Å². The zero-order valence-electron chi connectivity index (χ0n) is 12.0. The van der Waals surface area contributed by atoms with E-state index in [1.165, 1.54) is 11.3 Å². The third-order valence-electron chi connectivity index (χ3n) is 2.63. The molecule has 110 valence electrons. The Hall–Kier alpha value is -1.11. The number of rotatable bonds is 9. The molecule has 0 spiro atoms. The van der Waals surface area contributed by atoms with Gasteiger partial charge in [-0.25, -0.2) is 4.98 Å². The van der Waals surface area contributed by atoms with Crippen molar-refractivity contribution in [2.75, 3.05) is 30.5 Å². The first kappa shape index (κ1) is 16.9. The molecule has 0 aromatic carbocycles. The molecule has 0 bridgehead atoms. The van der Waals surface area contributed by atoms with Gasteiger partial charge < -0.3 is 10.1 Å². The quantitative estimate of drug-likeness (QED) is 0.431. The van der Waals surface area contributed by atoms with Crippen molar-refractivity contribution in [2.45, 2.75) is 13.8 Å². The molecule has 1 rings (SSSR count). The molecule has 20 heavy (non-hydrogen) atoms. The topological polar surface area (TPSA) is 51.2 Å². The number of nitrogens with one attached hydrogen (secondary N) is 1. The standard InChI is InChI=1S/C14H20N2O2S2/c1-4-11(8-18-6-7-19-3)12(5-2)13-9-20-14(16-13)15-10-17/h4-5,9-10H,6-8H2,1-3H3,(H,15,16,17)/b11-4-,12-5+. The average molecular weight is 312 g/mol. The van der Waals surface area contributed by atoms with E-state index in [0.29, 0.717) is 18.1 Å². The second-order valence-corrected chi connectivity index (χ2v) is 5.71. The summed E-state index contributed by atoms with van der Waals surface area (Å²) in [4.78, 5) is 14.8. The first-order valence-electron chi connectivity index (χ1n) is 6.31. The summed E-state index contributed by atoms with van der Waals surface area (Å²) in [5, 5.41) is 5.11. The van der Waals surface area contributed by atoms with E-state index in [-0.39, 0.29) is 0 Å². The number of amides is 1. The predicted octanol–water partition coefficient (Wildman–Crippen LogP) is 3.44. The van der Waals surface area contributed by atoms with Gasteiger partial charge in [-0.05, 0) is 25.7 Å². The Kier molecular flexibility index (Phi) is 8.25. The minimum atomic E-state index is 0.574. The number of thioether (sulfide) groups is 1. The lowest BCUT2D eigenvalue weighted by atomic mass is 10.0. The number of thiazole rings is 1. The van der Waals surface area contributed by atoms with E-state index in [1.54, 1.807) is 11.8 Å². The van der Waals surface area contributed by atoms with Crippen molar-refractivity contribution in [3.63, 3.8) is 0 Å². The van der Waals surface area contributed by atoms with Crippen LogP contribution in [-0.4, -0.2) is 36.6 Å². The highest BCUT2D eigenvalue weighted by atomic mass is 32.2. The largest absolute Gasteiger partial charge is 0.376 e. The van der Waals surface area contributed by atoms with Crippen molar-refractivity contribution in [1.82, 2.24) is 4.98 Å². The Morgan fingerprint density at radius 2 is 2.30 bits per heavy atom. The molecular weight excluding hydrogens is 292 g/mol. The number of ether oxygens (including phenoxy) is 1. The molecule has 1 aromatic heterocycles. The summed E-state index contributed by atoms with van der Waals surface area (Å²) < 4.78 is 5.66. The van der Waals surface area contributed by atoms with Gasteiger partial charge in [-0.1, -0.05) is 12.2 Å². The molecule has 0 saturated heterocycles. The Bertz CT molecular complexity index is 481. The zero-order valence-corrected chi connectivity index (χ0v) is 13.6. The maximum absolute atomic E-state index is 10.4. The highest BCUT2D eigenvalue weighted by Crippen LogP contribution is 2.26. The molecule has 1 heterocycles. The number of nitrogens with zero attached hydrogens (tertiary/aromatic N) is 1. The molecule has 0 fully saturated rings. The number of carbonyl (C=O) groups excluding carboxylic acids is 1. The lowest BCUT2D eigenvalue weighted by Gasteiger charge is -2.10. The third kappa shape index (κ3) is 5.11. The summed E-state index contributed by atoms with van der Waals surface area (Å²) in [7, 11) is 0. The van der Waals surface area contributed by atoms with Crippen LogP contribution >= 0.6 is 23.1 Å². The smallest absolute Gasteiger partial charge is 0.213 e. The van der Waals surface area contributed by atoms with Gasteiger partial charge in [-0.2, -0.15) is 11.8 Å². The van der Waals surface area contributed by atoms with Gasteiger partial charge in [0.1, 0.15) is 0 Å². The van der Waals surface area contributed by atoms with E-state index in [4.69, 9.17) is 4.74 Å². The minimum absolute atomic E-state index is 0.574. The summed E-state index contributed by atoms with van der Waals surface area (Å²) in [6.45, 7) is 5.29. The van der Waals surface area contributed by atoms with Gasteiger partial charge in [0.2, 0.25) is 6.41 Å². The molecule has 0 aliphatic heterocycles. The fraction of sp³-hybridized carbons (Fsp3) is 0.429. The molecule has 4 nitrogen and oxygen atoms in total. The van der Waals surface area contributed by atoms with Crippen LogP contribution in [0, 0.1) is 0 Å². The van der Waals surface area contributed by atoms with Gasteiger partial charge in [-0.3, -0.25) is 4.79 Å². The van der Waals surface area contributed by atoms with E-state index in [1.807, 2.05) is 31.4 Å². The molecule has 1 amide bonds. The zero-order chi connectivity index (χ0) is 14.8. The second kappa shape index (κ2) is 9.74. The normalized spacial score (nSPS) is 12.6. The van der Waals surface area contributed by atoms with E-state index in [0.717, 1.165) is 29.2 Å².